The molecule has 0 radical (unpaired) electrons. The van der Waals surface area contributed by atoms with E-state index in [1.807, 2.05) is 19.1 Å². The van der Waals surface area contributed by atoms with Crippen LogP contribution in [0.1, 0.15) is 12.5 Å². The van der Waals surface area contributed by atoms with Gasteiger partial charge in [-0.15, -0.1) is 0 Å². The van der Waals surface area contributed by atoms with Crippen molar-refractivity contribution in [2.45, 2.75) is 19.4 Å². The normalized spacial score (nSPS) is 12.5. The zero-order valence-corrected chi connectivity index (χ0v) is 12.0. The van der Waals surface area contributed by atoms with Gasteiger partial charge in [-0.1, -0.05) is 24.3 Å². The molecule has 4 heteroatoms. The van der Waals surface area contributed by atoms with E-state index in [1.165, 1.54) is 12.1 Å². The Morgan fingerprint density at radius 2 is 1.74 bits per heavy atom. The van der Waals surface area contributed by atoms with Crippen LogP contribution in [-0.2, 0) is 6.42 Å². The Morgan fingerprint density at radius 3 is 2.32 bits per heavy atom. The fourth-order valence-corrected chi connectivity index (χ4v) is 2.30. The van der Waals surface area contributed by atoms with Gasteiger partial charge in [0.2, 0.25) is 0 Å². The summed E-state index contributed by atoms with van der Waals surface area (Å²) >= 11 is 3.07. The van der Waals surface area contributed by atoms with Gasteiger partial charge in [0.25, 0.3) is 0 Å². The largest absolute Gasteiger partial charge is 0.328 e. The van der Waals surface area contributed by atoms with Crippen molar-refractivity contribution in [2.24, 2.45) is 5.73 Å². The van der Waals surface area contributed by atoms with Gasteiger partial charge < -0.3 is 5.73 Å². The SMILES string of the molecule is CC(N)Cc1ccc(-c2c(F)ccc(Br)c2F)cc1. The summed E-state index contributed by atoms with van der Waals surface area (Å²) in [6, 6.07) is 9.79. The van der Waals surface area contributed by atoms with Crippen LogP contribution in [0, 0.1) is 11.6 Å². The zero-order chi connectivity index (χ0) is 14.0. The monoisotopic (exact) mass is 325 g/mol. The van der Waals surface area contributed by atoms with Crippen molar-refractivity contribution in [3.8, 4) is 11.1 Å². The van der Waals surface area contributed by atoms with Crippen LogP contribution in [0.3, 0.4) is 0 Å². The molecule has 1 nitrogen and oxygen atoms in total. The molecule has 2 aromatic carbocycles. The Bertz CT molecular complexity index is 579. The second-order valence-corrected chi connectivity index (χ2v) is 5.45. The average Bonchev–Trinajstić information content (AvgIpc) is 2.36. The molecule has 0 fully saturated rings. The van der Waals surface area contributed by atoms with E-state index in [0.717, 1.165) is 12.0 Å². The van der Waals surface area contributed by atoms with E-state index in [0.29, 0.717) is 5.56 Å². The summed E-state index contributed by atoms with van der Waals surface area (Å²) < 4.78 is 28.0. The lowest BCUT2D eigenvalue weighted by Gasteiger charge is -2.09. The van der Waals surface area contributed by atoms with Gasteiger partial charge in [-0.2, -0.15) is 0 Å². The summed E-state index contributed by atoms with van der Waals surface area (Å²) in [4.78, 5) is 0. The number of hydrogen-bond acceptors (Lipinski definition) is 1. The maximum Gasteiger partial charge on any atom is 0.148 e. The minimum absolute atomic E-state index is 0.0123. The topological polar surface area (TPSA) is 26.0 Å². The Balaban J connectivity index is 2.40. The van der Waals surface area contributed by atoms with Crippen LogP contribution >= 0.6 is 15.9 Å². The van der Waals surface area contributed by atoms with Gasteiger partial charge in [-0.05, 0) is 52.5 Å². The van der Waals surface area contributed by atoms with Crippen molar-refractivity contribution in [2.75, 3.05) is 0 Å². The van der Waals surface area contributed by atoms with Gasteiger partial charge in [0.1, 0.15) is 11.6 Å². The number of rotatable bonds is 3. The van der Waals surface area contributed by atoms with E-state index in [9.17, 15) is 8.78 Å². The zero-order valence-electron chi connectivity index (χ0n) is 10.5. The molecular formula is C15H14BrF2N. The van der Waals surface area contributed by atoms with E-state index in [-0.39, 0.29) is 16.1 Å². The molecule has 0 aromatic heterocycles. The van der Waals surface area contributed by atoms with Crippen molar-refractivity contribution < 1.29 is 8.78 Å². The van der Waals surface area contributed by atoms with Crippen molar-refractivity contribution in [3.05, 3.63) is 58.1 Å². The fourth-order valence-electron chi connectivity index (χ4n) is 1.97. The first-order valence-electron chi connectivity index (χ1n) is 5.97. The molecule has 0 amide bonds. The van der Waals surface area contributed by atoms with Crippen molar-refractivity contribution >= 4 is 15.9 Å². The molecule has 0 bridgehead atoms. The molecule has 2 rings (SSSR count). The molecule has 0 saturated heterocycles. The predicted octanol–water partition coefficient (Wildman–Crippen LogP) is 4.28. The van der Waals surface area contributed by atoms with Gasteiger partial charge in [0, 0.05) is 6.04 Å². The lowest BCUT2D eigenvalue weighted by atomic mass is 10.0. The van der Waals surface area contributed by atoms with Gasteiger partial charge in [0.15, 0.2) is 0 Å². The first-order chi connectivity index (χ1) is 8.99. The van der Waals surface area contributed by atoms with Crippen LogP contribution in [0.2, 0.25) is 0 Å². The van der Waals surface area contributed by atoms with E-state index < -0.39 is 11.6 Å². The highest BCUT2D eigenvalue weighted by Gasteiger charge is 2.14. The Kier molecular flexibility index (Phi) is 4.32. The molecule has 0 heterocycles. The highest BCUT2D eigenvalue weighted by molar-refractivity contribution is 9.10. The third kappa shape index (κ3) is 3.19. The molecule has 0 saturated carbocycles. The lowest BCUT2D eigenvalue weighted by Crippen LogP contribution is -2.17. The van der Waals surface area contributed by atoms with Crippen LogP contribution in [-0.4, -0.2) is 6.04 Å². The molecule has 0 aliphatic carbocycles. The summed E-state index contributed by atoms with van der Waals surface area (Å²) in [5.41, 5.74) is 7.27. The van der Waals surface area contributed by atoms with Crippen molar-refractivity contribution in [1.82, 2.24) is 0 Å². The first kappa shape index (κ1) is 14.2. The van der Waals surface area contributed by atoms with Crippen LogP contribution in [0.5, 0.6) is 0 Å². The number of hydrogen-bond donors (Lipinski definition) is 1. The minimum atomic E-state index is -0.583. The predicted molar refractivity (Wildman–Crippen MR) is 76.8 cm³/mol. The average molecular weight is 326 g/mol. The molecule has 1 unspecified atom stereocenters. The summed E-state index contributed by atoms with van der Waals surface area (Å²) in [7, 11) is 0. The van der Waals surface area contributed by atoms with Gasteiger partial charge in [0.05, 0.1) is 10.0 Å². The van der Waals surface area contributed by atoms with Crippen LogP contribution in [0.15, 0.2) is 40.9 Å². The summed E-state index contributed by atoms with van der Waals surface area (Å²) in [6.45, 7) is 1.92. The van der Waals surface area contributed by atoms with Gasteiger partial charge in [-0.25, -0.2) is 8.78 Å². The second kappa shape index (κ2) is 5.80. The molecule has 0 aliphatic heterocycles. The maximum atomic E-state index is 14.0. The Hall–Kier alpha value is -1.26. The Morgan fingerprint density at radius 1 is 1.11 bits per heavy atom. The minimum Gasteiger partial charge on any atom is -0.328 e. The standard InChI is InChI=1S/C15H14BrF2N/c1-9(19)8-10-2-4-11(5-3-10)14-13(17)7-6-12(16)15(14)18/h2-7,9H,8,19H2,1H3. The third-order valence-corrected chi connectivity index (χ3v) is 3.46. The fraction of sp³-hybridized carbons (Fsp3) is 0.200. The molecule has 100 valence electrons. The van der Waals surface area contributed by atoms with Crippen LogP contribution in [0.25, 0.3) is 11.1 Å². The number of nitrogens with two attached hydrogens (primary N) is 1. The lowest BCUT2D eigenvalue weighted by molar-refractivity contribution is 0.585. The number of benzene rings is 2. The summed E-state index contributed by atoms with van der Waals surface area (Å²) in [5.74, 6) is -1.15. The van der Waals surface area contributed by atoms with E-state index in [4.69, 9.17) is 5.73 Å². The molecular weight excluding hydrogens is 312 g/mol. The second-order valence-electron chi connectivity index (χ2n) is 4.60. The van der Waals surface area contributed by atoms with E-state index in [1.54, 1.807) is 12.1 Å². The Labute approximate surface area is 119 Å². The summed E-state index contributed by atoms with van der Waals surface area (Å²) in [6.07, 6.45) is 0.740. The molecule has 1 atom stereocenters. The van der Waals surface area contributed by atoms with E-state index >= 15 is 0 Å². The molecule has 0 spiro atoms. The molecule has 0 aliphatic rings. The molecule has 2 N–H and O–H groups in total. The molecule has 19 heavy (non-hydrogen) atoms. The highest BCUT2D eigenvalue weighted by Crippen LogP contribution is 2.30. The third-order valence-electron chi connectivity index (χ3n) is 2.84. The maximum absolute atomic E-state index is 14.0. The van der Waals surface area contributed by atoms with Crippen molar-refractivity contribution in [3.63, 3.8) is 0 Å². The van der Waals surface area contributed by atoms with Gasteiger partial charge >= 0.3 is 0 Å². The van der Waals surface area contributed by atoms with Crippen molar-refractivity contribution in [1.29, 1.82) is 0 Å². The van der Waals surface area contributed by atoms with Crippen LogP contribution in [0.4, 0.5) is 8.78 Å². The smallest absolute Gasteiger partial charge is 0.148 e. The highest BCUT2D eigenvalue weighted by atomic mass is 79.9. The summed E-state index contributed by atoms with van der Waals surface area (Å²) in [5, 5.41) is 0. The number of halogens is 3. The van der Waals surface area contributed by atoms with Crippen LogP contribution < -0.4 is 5.73 Å². The quantitative estimate of drug-likeness (QED) is 0.837. The first-order valence-corrected chi connectivity index (χ1v) is 6.76. The van der Waals surface area contributed by atoms with Gasteiger partial charge in [-0.3, -0.25) is 0 Å². The van der Waals surface area contributed by atoms with E-state index in [2.05, 4.69) is 15.9 Å². The molecule has 2 aromatic rings.